The third-order valence-corrected chi connectivity index (χ3v) is 1.85. The van der Waals surface area contributed by atoms with Crippen molar-refractivity contribution in [3.63, 3.8) is 0 Å². The number of aromatic nitrogens is 1. The molecule has 0 spiro atoms. The van der Waals surface area contributed by atoms with Crippen LogP contribution < -0.4 is 5.56 Å². The van der Waals surface area contributed by atoms with Gasteiger partial charge in [0.2, 0.25) is 0 Å². The van der Waals surface area contributed by atoms with Crippen molar-refractivity contribution in [2.45, 2.75) is 13.5 Å². The number of rotatable bonds is 2. The summed E-state index contributed by atoms with van der Waals surface area (Å²) in [6.07, 6.45) is 0. The molecule has 1 aromatic heterocycles. The van der Waals surface area contributed by atoms with E-state index in [-0.39, 0.29) is 17.9 Å². The van der Waals surface area contributed by atoms with E-state index in [9.17, 15) is 14.9 Å². The molecule has 0 aliphatic rings. The van der Waals surface area contributed by atoms with E-state index in [1.165, 1.54) is 6.92 Å². The lowest BCUT2D eigenvalue weighted by Crippen LogP contribution is -2.21. The molecule has 0 saturated heterocycles. The second-order valence-corrected chi connectivity index (χ2v) is 2.64. The number of pyridine rings is 1. The summed E-state index contributed by atoms with van der Waals surface area (Å²) in [5.74, 6) is 0. The Labute approximate surface area is 79.2 Å². The third kappa shape index (κ3) is 1.61. The molecule has 14 heavy (non-hydrogen) atoms. The maximum Gasteiger partial charge on any atom is 0.288 e. The fraction of sp³-hybridized carbons (Fsp3) is 0.250. The van der Waals surface area contributed by atoms with Crippen LogP contribution in [0.4, 0.5) is 5.69 Å². The van der Waals surface area contributed by atoms with Gasteiger partial charge in [0.15, 0.2) is 0 Å². The molecular formula is C8H7N3O3. The van der Waals surface area contributed by atoms with Gasteiger partial charge in [0.05, 0.1) is 16.7 Å². The fourth-order valence-electron chi connectivity index (χ4n) is 1.12. The van der Waals surface area contributed by atoms with Crippen molar-refractivity contribution in [1.29, 1.82) is 5.26 Å². The molecule has 6 nitrogen and oxygen atoms in total. The summed E-state index contributed by atoms with van der Waals surface area (Å²) < 4.78 is 1.07. The van der Waals surface area contributed by atoms with Gasteiger partial charge in [-0.1, -0.05) is 0 Å². The van der Waals surface area contributed by atoms with Crippen LogP contribution in [0.15, 0.2) is 16.9 Å². The second kappa shape index (κ2) is 3.70. The average molecular weight is 193 g/mol. The Morgan fingerprint density at radius 3 is 2.79 bits per heavy atom. The molecule has 6 heteroatoms. The van der Waals surface area contributed by atoms with Crippen LogP contribution in [0, 0.1) is 28.4 Å². The molecular weight excluding hydrogens is 186 g/mol. The minimum absolute atomic E-state index is 0.153. The molecule has 0 saturated carbocycles. The fourth-order valence-corrected chi connectivity index (χ4v) is 1.12. The Morgan fingerprint density at radius 1 is 1.64 bits per heavy atom. The Balaban J connectivity index is 3.42. The molecule has 0 aromatic carbocycles. The van der Waals surface area contributed by atoms with E-state index in [1.54, 1.807) is 6.07 Å². The molecule has 1 heterocycles. The number of hydrogen-bond donors (Lipinski definition) is 0. The Bertz CT molecular complexity index is 470. The molecule has 0 radical (unpaired) electrons. The van der Waals surface area contributed by atoms with Gasteiger partial charge in [0, 0.05) is 12.1 Å². The average Bonchev–Trinajstić information content (AvgIpc) is 2.11. The first kappa shape index (κ1) is 9.92. The highest BCUT2D eigenvalue weighted by Crippen LogP contribution is 2.13. The summed E-state index contributed by atoms with van der Waals surface area (Å²) in [6.45, 7) is 1.27. The van der Waals surface area contributed by atoms with Crippen molar-refractivity contribution < 1.29 is 4.92 Å². The quantitative estimate of drug-likeness (QED) is 0.507. The standard InChI is InChI=1S/C8H7N3O3/c1-6-7(11(13)14)2-3-8(12)10(6)5-4-9/h2-3H,5H2,1H3. The summed E-state index contributed by atoms with van der Waals surface area (Å²) in [5, 5.41) is 18.9. The Morgan fingerprint density at radius 2 is 2.29 bits per heavy atom. The first-order valence-electron chi connectivity index (χ1n) is 3.79. The second-order valence-electron chi connectivity index (χ2n) is 2.64. The normalized spacial score (nSPS) is 9.43. The molecule has 0 aliphatic carbocycles. The van der Waals surface area contributed by atoms with Crippen molar-refractivity contribution in [1.82, 2.24) is 4.57 Å². The molecule has 1 aromatic rings. The van der Waals surface area contributed by atoms with E-state index in [1.807, 2.05) is 0 Å². The molecule has 0 atom stereocenters. The number of nitriles is 1. The van der Waals surface area contributed by atoms with Crippen LogP contribution in [0.3, 0.4) is 0 Å². The van der Waals surface area contributed by atoms with Gasteiger partial charge in [0.25, 0.3) is 11.2 Å². The van der Waals surface area contributed by atoms with Gasteiger partial charge in [-0.05, 0) is 6.92 Å². The number of nitro groups is 1. The molecule has 0 N–H and O–H groups in total. The van der Waals surface area contributed by atoms with Gasteiger partial charge in [-0.15, -0.1) is 0 Å². The molecule has 0 aliphatic heterocycles. The lowest BCUT2D eigenvalue weighted by atomic mass is 10.3. The highest BCUT2D eigenvalue weighted by Gasteiger charge is 2.14. The Hall–Kier alpha value is -2.16. The first-order chi connectivity index (χ1) is 6.57. The van der Waals surface area contributed by atoms with Gasteiger partial charge in [-0.2, -0.15) is 5.26 Å². The van der Waals surface area contributed by atoms with Gasteiger partial charge < -0.3 is 0 Å². The van der Waals surface area contributed by atoms with Crippen molar-refractivity contribution >= 4 is 5.69 Å². The zero-order valence-electron chi connectivity index (χ0n) is 7.43. The monoisotopic (exact) mass is 193 g/mol. The van der Waals surface area contributed by atoms with Crippen LogP contribution in [-0.4, -0.2) is 9.49 Å². The van der Waals surface area contributed by atoms with Crippen molar-refractivity contribution in [3.8, 4) is 6.07 Å². The van der Waals surface area contributed by atoms with E-state index in [0.29, 0.717) is 0 Å². The lowest BCUT2D eigenvalue weighted by Gasteiger charge is -2.04. The van der Waals surface area contributed by atoms with Crippen LogP contribution in [0.1, 0.15) is 5.69 Å². The number of nitrogens with zero attached hydrogens (tertiary/aromatic N) is 3. The van der Waals surface area contributed by atoms with E-state index in [2.05, 4.69) is 0 Å². The maximum absolute atomic E-state index is 11.2. The first-order valence-corrected chi connectivity index (χ1v) is 3.79. The van der Waals surface area contributed by atoms with Crippen LogP contribution in [0.2, 0.25) is 0 Å². The van der Waals surface area contributed by atoms with E-state index in [0.717, 1.165) is 16.7 Å². The van der Waals surface area contributed by atoms with E-state index in [4.69, 9.17) is 5.26 Å². The van der Waals surface area contributed by atoms with Crippen LogP contribution in [0.5, 0.6) is 0 Å². The van der Waals surface area contributed by atoms with Gasteiger partial charge in [-0.3, -0.25) is 19.5 Å². The topological polar surface area (TPSA) is 88.9 Å². The predicted octanol–water partition coefficient (Wildman–Crippen LogP) is 0.588. The minimum Gasteiger partial charge on any atom is -0.292 e. The SMILES string of the molecule is Cc1c([N+](=O)[O-])ccc(=O)n1CC#N. The largest absolute Gasteiger partial charge is 0.292 e. The molecule has 0 unspecified atom stereocenters. The number of hydrogen-bond acceptors (Lipinski definition) is 4. The van der Waals surface area contributed by atoms with Crippen LogP contribution >= 0.6 is 0 Å². The summed E-state index contributed by atoms with van der Waals surface area (Å²) in [7, 11) is 0. The zero-order chi connectivity index (χ0) is 10.7. The molecule has 0 amide bonds. The molecule has 0 fully saturated rings. The minimum atomic E-state index is -0.581. The zero-order valence-corrected chi connectivity index (χ0v) is 7.43. The lowest BCUT2D eigenvalue weighted by molar-refractivity contribution is -0.386. The summed E-state index contributed by atoms with van der Waals surface area (Å²) >= 11 is 0. The summed E-state index contributed by atoms with van der Waals surface area (Å²) in [5.41, 5.74) is -0.362. The maximum atomic E-state index is 11.2. The van der Waals surface area contributed by atoms with Crippen molar-refractivity contribution in [2.75, 3.05) is 0 Å². The van der Waals surface area contributed by atoms with Gasteiger partial charge in [-0.25, -0.2) is 0 Å². The highest BCUT2D eigenvalue weighted by atomic mass is 16.6. The van der Waals surface area contributed by atoms with Crippen molar-refractivity contribution in [3.05, 3.63) is 38.3 Å². The third-order valence-electron chi connectivity index (χ3n) is 1.85. The van der Waals surface area contributed by atoms with E-state index < -0.39 is 10.5 Å². The smallest absolute Gasteiger partial charge is 0.288 e. The van der Waals surface area contributed by atoms with Crippen molar-refractivity contribution in [2.24, 2.45) is 0 Å². The molecule has 1 rings (SSSR count). The summed E-state index contributed by atoms with van der Waals surface area (Å²) in [4.78, 5) is 21.1. The van der Waals surface area contributed by atoms with Gasteiger partial charge >= 0.3 is 0 Å². The molecule has 72 valence electrons. The Kier molecular flexibility index (Phi) is 2.62. The predicted molar refractivity (Wildman–Crippen MR) is 47.7 cm³/mol. The van der Waals surface area contributed by atoms with Gasteiger partial charge in [0.1, 0.15) is 6.54 Å². The van der Waals surface area contributed by atoms with Crippen LogP contribution in [0.25, 0.3) is 0 Å². The molecule has 0 bridgehead atoms. The van der Waals surface area contributed by atoms with Crippen LogP contribution in [-0.2, 0) is 6.54 Å². The highest BCUT2D eigenvalue weighted by molar-refractivity contribution is 5.34. The summed E-state index contributed by atoms with van der Waals surface area (Å²) in [6, 6.07) is 4.00. The van der Waals surface area contributed by atoms with E-state index >= 15 is 0 Å².